The van der Waals surface area contributed by atoms with Gasteiger partial charge in [0.1, 0.15) is 0 Å². The molecular weight excluding hydrogens is 392 g/mol. The van der Waals surface area contributed by atoms with Crippen molar-refractivity contribution >= 4 is 31.5 Å². The van der Waals surface area contributed by atoms with Gasteiger partial charge in [0, 0.05) is 20.2 Å². The molecule has 6 aromatic rings. The minimum atomic E-state index is 1.24. The molecule has 6 rings (SSSR count). The molecule has 0 unspecified atom stereocenters. The Kier molecular flexibility index (Phi) is 4.40. The molecule has 0 fully saturated rings. The summed E-state index contributed by atoms with van der Waals surface area (Å²) in [6.45, 7) is 0. The standard InChI is InChI=1S/C30H20S/c1-3-9-21(10-4-1)22-15-17-24(18-16-22)29-25(23-11-5-2-6-12-23)19-20-28-30(29)26-13-7-8-14-27(26)31-28/h1-20H. The average Bonchev–Trinajstić information content (AvgIpc) is 3.23. The van der Waals surface area contributed by atoms with E-state index in [1.54, 1.807) is 0 Å². The van der Waals surface area contributed by atoms with E-state index in [0.29, 0.717) is 0 Å². The van der Waals surface area contributed by atoms with Crippen molar-refractivity contribution < 1.29 is 0 Å². The van der Waals surface area contributed by atoms with Gasteiger partial charge in [-0.3, -0.25) is 0 Å². The second-order valence-corrected chi connectivity index (χ2v) is 8.85. The highest BCUT2D eigenvalue weighted by molar-refractivity contribution is 7.26. The van der Waals surface area contributed by atoms with E-state index in [0.717, 1.165) is 0 Å². The molecule has 0 saturated heterocycles. The van der Waals surface area contributed by atoms with E-state index in [2.05, 4.69) is 121 Å². The Balaban J connectivity index is 1.63. The predicted octanol–water partition coefficient (Wildman–Crippen LogP) is 9.06. The summed E-state index contributed by atoms with van der Waals surface area (Å²) >= 11 is 1.87. The summed E-state index contributed by atoms with van der Waals surface area (Å²) < 4.78 is 2.67. The van der Waals surface area contributed by atoms with Crippen molar-refractivity contribution in [2.45, 2.75) is 0 Å². The Hall–Kier alpha value is -3.68. The molecule has 31 heavy (non-hydrogen) atoms. The van der Waals surface area contributed by atoms with Crippen LogP contribution in [-0.4, -0.2) is 0 Å². The lowest BCUT2D eigenvalue weighted by atomic mass is 9.90. The van der Waals surface area contributed by atoms with Gasteiger partial charge in [-0.1, -0.05) is 109 Å². The molecule has 1 heterocycles. The summed E-state index contributed by atoms with van der Waals surface area (Å²) in [5, 5.41) is 2.69. The van der Waals surface area contributed by atoms with Gasteiger partial charge in [-0.15, -0.1) is 11.3 Å². The van der Waals surface area contributed by atoms with Crippen LogP contribution in [0.2, 0.25) is 0 Å². The van der Waals surface area contributed by atoms with Crippen molar-refractivity contribution in [2.24, 2.45) is 0 Å². The van der Waals surface area contributed by atoms with Crippen LogP contribution in [0.1, 0.15) is 0 Å². The molecule has 0 aliphatic heterocycles. The van der Waals surface area contributed by atoms with Gasteiger partial charge < -0.3 is 0 Å². The number of thiophene rings is 1. The Bertz CT molecular complexity index is 1490. The lowest BCUT2D eigenvalue weighted by Crippen LogP contribution is -1.87. The van der Waals surface area contributed by atoms with E-state index < -0.39 is 0 Å². The summed E-state index contributed by atoms with van der Waals surface area (Å²) in [6.07, 6.45) is 0. The van der Waals surface area contributed by atoms with E-state index in [9.17, 15) is 0 Å². The van der Waals surface area contributed by atoms with Crippen LogP contribution in [0.15, 0.2) is 121 Å². The Morgan fingerprint density at radius 3 is 1.71 bits per heavy atom. The molecule has 1 heteroatoms. The Morgan fingerprint density at radius 1 is 0.387 bits per heavy atom. The van der Waals surface area contributed by atoms with E-state index in [1.165, 1.54) is 53.6 Å². The van der Waals surface area contributed by atoms with Crippen LogP contribution in [0.3, 0.4) is 0 Å². The molecule has 0 aliphatic carbocycles. The quantitative estimate of drug-likeness (QED) is 0.272. The van der Waals surface area contributed by atoms with Crippen molar-refractivity contribution in [3.8, 4) is 33.4 Å². The third-order valence-corrected chi connectivity index (χ3v) is 7.04. The third-order valence-electron chi connectivity index (χ3n) is 5.91. The normalized spacial score (nSPS) is 11.2. The fourth-order valence-corrected chi connectivity index (χ4v) is 5.55. The molecule has 0 aliphatic rings. The van der Waals surface area contributed by atoms with Gasteiger partial charge in [-0.2, -0.15) is 0 Å². The topological polar surface area (TPSA) is 0 Å². The summed E-state index contributed by atoms with van der Waals surface area (Å²) in [6, 6.07) is 43.7. The summed E-state index contributed by atoms with van der Waals surface area (Å²) in [4.78, 5) is 0. The highest BCUT2D eigenvalue weighted by Gasteiger charge is 2.16. The number of rotatable bonds is 3. The molecular formula is C30H20S. The predicted molar refractivity (Wildman–Crippen MR) is 136 cm³/mol. The number of hydrogen-bond acceptors (Lipinski definition) is 1. The van der Waals surface area contributed by atoms with Crippen molar-refractivity contribution in [1.29, 1.82) is 0 Å². The number of benzene rings is 5. The zero-order chi connectivity index (χ0) is 20.6. The SMILES string of the molecule is c1ccc(-c2ccc(-c3c(-c4ccccc4)ccc4sc5ccccc5c34)cc2)cc1. The first-order valence-corrected chi connectivity index (χ1v) is 11.4. The second-order valence-electron chi connectivity index (χ2n) is 7.77. The summed E-state index contributed by atoms with van der Waals surface area (Å²) in [5.41, 5.74) is 7.60. The maximum absolute atomic E-state index is 2.29. The lowest BCUT2D eigenvalue weighted by molar-refractivity contribution is 1.60. The molecule has 0 saturated carbocycles. The molecule has 146 valence electrons. The third kappa shape index (κ3) is 3.15. The van der Waals surface area contributed by atoms with Gasteiger partial charge in [-0.25, -0.2) is 0 Å². The summed E-state index contributed by atoms with van der Waals surface area (Å²) in [5.74, 6) is 0. The second kappa shape index (κ2) is 7.54. The Morgan fingerprint density at radius 2 is 0.968 bits per heavy atom. The first kappa shape index (κ1) is 18.1. The molecule has 5 aromatic carbocycles. The first-order valence-electron chi connectivity index (χ1n) is 10.5. The summed E-state index contributed by atoms with van der Waals surface area (Å²) in [7, 11) is 0. The Labute approximate surface area is 186 Å². The van der Waals surface area contributed by atoms with Gasteiger partial charge >= 0.3 is 0 Å². The van der Waals surface area contributed by atoms with Crippen molar-refractivity contribution in [2.75, 3.05) is 0 Å². The van der Waals surface area contributed by atoms with Crippen LogP contribution >= 0.6 is 11.3 Å². The van der Waals surface area contributed by atoms with Crippen LogP contribution in [0.25, 0.3) is 53.6 Å². The minimum Gasteiger partial charge on any atom is -0.135 e. The number of fused-ring (bicyclic) bond motifs is 3. The van der Waals surface area contributed by atoms with Gasteiger partial charge in [0.05, 0.1) is 0 Å². The smallest absolute Gasteiger partial charge is 0.0362 e. The highest BCUT2D eigenvalue weighted by atomic mass is 32.1. The lowest BCUT2D eigenvalue weighted by Gasteiger charge is -2.14. The molecule has 0 atom stereocenters. The molecule has 1 aromatic heterocycles. The van der Waals surface area contributed by atoms with Gasteiger partial charge in [0.25, 0.3) is 0 Å². The monoisotopic (exact) mass is 412 g/mol. The van der Waals surface area contributed by atoms with E-state index in [4.69, 9.17) is 0 Å². The van der Waals surface area contributed by atoms with E-state index in [1.807, 2.05) is 11.3 Å². The molecule has 0 radical (unpaired) electrons. The molecule has 0 amide bonds. The highest BCUT2D eigenvalue weighted by Crippen LogP contribution is 2.45. The van der Waals surface area contributed by atoms with E-state index in [-0.39, 0.29) is 0 Å². The van der Waals surface area contributed by atoms with Crippen LogP contribution in [0, 0.1) is 0 Å². The molecule has 0 spiro atoms. The molecule has 0 N–H and O–H groups in total. The van der Waals surface area contributed by atoms with Crippen molar-refractivity contribution in [3.63, 3.8) is 0 Å². The largest absolute Gasteiger partial charge is 0.135 e. The van der Waals surface area contributed by atoms with Crippen molar-refractivity contribution in [1.82, 2.24) is 0 Å². The van der Waals surface area contributed by atoms with Crippen LogP contribution < -0.4 is 0 Å². The fraction of sp³-hybridized carbons (Fsp3) is 0. The van der Waals surface area contributed by atoms with Crippen molar-refractivity contribution in [3.05, 3.63) is 121 Å². The first-order chi connectivity index (χ1) is 15.4. The zero-order valence-electron chi connectivity index (χ0n) is 17.0. The molecule has 0 nitrogen and oxygen atoms in total. The fourth-order valence-electron chi connectivity index (χ4n) is 4.43. The van der Waals surface area contributed by atoms with Crippen LogP contribution in [0.5, 0.6) is 0 Å². The maximum atomic E-state index is 2.29. The maximum Gasteiger partial charge on any atom is 0.0362 e. The minimum absolute atomic E-state index is 1.24. The van der Waals surface area contributed by atoms with E-state index >= 15 is 0 Å². The van der Waals surface area contributed by atoms with Gasteiger partial charge in [0.2, 0.25) is 0 Å². The number of hydrogen-bond donors (Lipinski definition) is 0. The van der Waals surface area contributed by atoms with Crippen LogP contribution in [-0.2, 0) is 0 Å². The molecule has 0 bridgehead atoms. The van der Waals surface area contributed by atoms with Gasteiger partial charge in [-0.05, 0) is 45.5 Å². The van der Waals surface area contributed by atoms with Gasteiger partial charge in [0.15, 0.2) is 0 Å². The zero-order valence-corrected chi connectivity index (χ0v) is 17.8. The average molecular weight is 413 g/mol. The van der Waals surface area contributed by atoms with Crippen LogP contribution in [0.4, 0.5) is 0 Å².